The number of aliphatic imine (C=N–C) groups is 1. The van der Waals surface area contributed by atoms with Crippen molar-refractivity contribution in [3.05, 3.63) is 138 Å². The second kappa shape index (κ2) is 13.1. The van der Waals surface area contributed by atoms with Crippen molar-refractivity contribution in [1.29, 1.82) is 0 Å². The summed E-state index contributed by atoms with van der Waals surface area (Å²) in [5, 5.41) is 0. The zero-order chi connectivity index (χ0) is 26.6. The van der Waals surface area contributed by atoms with Crippen LogP contribution in [-0.4, -0.2) is 24.9 Å². The van der Waals surface area contributed by atoms with Gasteiger partial charge < -0.3 is 14.2 Å². The van der Waals surface area contributed by atoms with Crippen LogP contribution in [0.15, 0.2) is 121 Å². The van der Waals surface area contributed by atoms with E-state index < -0.39 is 11.9 Å². The van der Waals surface area contributed by atoms with Crippen LogP contribution in [0.5, 0.6) is 11.5 Å². The minimum Gasteiger partial charge on any atom is -0.457 e. The zero-order valence-corrected chi connectivity index (χ0v) is 20.4. The Bertz CT molecular complexity index is 1480. The number of rotatable bonds is 8. The van der Waals surface area contributed by atoms with Gasteiger partial charge in [0.05, 0.1) is 11.3 Å². The molecule has 4 aromatic rings. The molecule has 0 fully saturated rings. The first kappa shape index (κ1) is 25.7. The molecule has 0 heterocycles. The fraction of sp³-hybridized carbons (Fsp3) is 0.0312. The predicted molar refractivity (Wildman–Crippen MR) is 146 cm³/mol. The quantitative estimate of drug-likeness (QED) is 0.0726. The van der Waals surface area contributed by atoms with Gasteiger partial charge in [0.1, 0.15) is 11.5 Å². The molecule has 0 aromatic heterocycles. The van der Waals surface area contributed by atoms with Crippen molar-refractivity contribution in [2.45, 2.75) is 0 Å². The molecule has 0 N–H and O–H groups in total. The number of benzene rings is 4. The maximum absolute atomic E-state index is 12.4. The average molecular weight is 502 g/mol. The van der Waals surface area contributed by atoms with Gasteiger partial charge in [-0.3, -0.25) is 4.99 Å². The largest absolute Gasteiger partial charge is 0.457 e. The molecule has 6 nitrogen and oxygen atoms in total. The summed E-state index contributed by atoms with van der Waals surface area (Å²) in [6, 6.07) is 30.8. The molecule has 0 saturated carbocycles. The summed E-state index contributed by atoms with van der Waals surface area (Å²) in [5.41, 5.74) is 3.91. The van der Waals surface area contributed by atoms with Gasteiger partial charge >= 0.3 is 11.9 Å². The average Bonchev–Trinajstić information content (AvgIpc) is 2.97. The first-order chi connectivity index (χ1) is 18.6. The summed E-state index contributed by atoms with van der Waals surface area (Å²) >= 11 is 0. The summed E-state index contributed by atoms with van der Waals surface area (Å²) in [4.78, 5) is 27.9. The van der Waals surface area contributed by atoms with Crippen LogP contribution in [-0.2, 0) is 9.53 Å². The molecule has 186 valence electrons. The molecule has 4 aromatic carbocycles. The van der Waals surface area contributed by atoms with E-state index >= 15 is 0 Å². The molecule has 0 unspecified atom stereocenters. The molecule has 0 bridgehead atoms. The normalized spacial score (nSPS) is 10.2. The predicted octanol–water partition coefficient (Wildman–Crippen LogP) is 6.12. The monoisotopic (exact) mass is 501 g/mol. The molecular formula is C32H23NO5. The van der Waals surface area contributed by atoms with Crippen molar-refractivity contribution in [1.82, 2.24) is 0 Å². The smallest absolute Gasteiger partial charge is 0.343 e. The maximum atomic E-state index is 12.4. The zero-order valence-electron chi connectivity index (χ0n) is 20.4. The minimum atomic E-state index is -0.582. The van der Waals surface area contributed by atoms with E-state index in [0.29, 0.717) is 17.1 Å². The van der Waals surface area contributed by atoms with E-state index in [-0.39, 0.29) is 6.79 Å². The lowest BCUT2D eigenvalue weighted by atomic mass is 10.1. The Kier molecular flexibility index (Phi) is 8.82. The summed E-state index contributed by atoms with van der Waals surface area (Å²) in [7, 11) is 0. The summed E-state index contributed by atoms with van der Waals surface area (Å²) in [6.07, 6.45) is 2.86. The first-order valence-corrected chi connectivity index (χ1v) is 11.6. The lowest BCUT2D eigenvalue weighted by Gasteiger charge is -2.07. The lowest BCUT2D eigenvalue weighted by molar-refractivity contribution is -0.144. The summed E-state index contributed by atoms with van der Waals surface area (Å²) < 4.78 is 15.5. The van der Waals surface area contributed by atoms with Gasteiger partial charge in [-0.05, 0) is 78.4 Å². The third kappa shape index (κ3) is 7.80. The third-order valence-electron chi connectivity index (χ3n) is 5.13. The van der Waals surface area contributed by atoms with Crippen LogP contribution in [0.4, 0.5) is 5.69 Å². The Balaban J connectivity index is 1.29. The number of nitrogens with zero attached hydrogens (tertiary/aromatic N) is 1. The molecule has 0 aliphatic heterocycles. The first-order valence-electron chi connectivity index (χ1n) is 11.6. The highest BCUT2D eigenvalue weighted by Crippen LogP contribution is 2.17. The van der Waals surface area contributed by atoms with Crippen LogP contribution in [0.1, 0.15) is 27.0 Å². The van der Waals surface area contributed by atoms with Crippen LogP contribution < -0.4 is 9.47 Å². The number of hydrogen-bond acceptors (Lipinski definition) is 6. The van der Waals surface area contributed by atoms with Gasteiger partial charge in [0.2, 0.25) is 6.79 Å². The molecule has 0 amide bonds. The molecule has 0 aliphatic carbocycles. The van der Waals surface area contributed by atoms with Crippen molar-refractivity contribution in [2.75, 3.05) is 6.79 Å². The van der Waals surface area contributed by atoms with E-state index in [4.69, 9.17) is 14.2 Å². The highest BCUT2D eigenvalue weighted by molar-refractivity contribution is 5.91. The van der Waals surface area contributed by atoms with Crippen LogP contribution >= 0.6 is 0 Å². The van der Waals surface area contributed by atoms with E-state index in [1.807, 2.05) is 60.8 Å². The standard InChI is InChI=1S/C32H23NO5/c1-2-31(34)37-23-36-29-20-16-27(17-21-29)32(35)38-30-18-14-25(15-19-30)9-8-24-10-12-26(13-11-24)22-33-28-6-4-3-5-7-28/h2-7,10-22H,1,23H2/b33-22+. The topological polar surface area (TPSA) is 74.2 Å². The van der Waals surface area contributed by atoms with Crippen LogP contribution in [0.25, 0.3) is 0 Å². The van der Waals surface area contributed by atoms with Crippen molar-refractivity contribution >= 4 is 23.8 Å². The second-order valence-corrected chi connectivity index (χ2v) is 7.83. The molecule has 0 aliphatic rings. The fourth-order valence-corrected chi connectivity index (χ4v) is 3.13. The molecular weight excluding hydrogens is 478 g/mol. The molecule has 6 heteroatoms. The number of ether oxygens (including phenoxy) is 3. The number of para-hydroxylation sites is 1. The van der Waals surface area contributed by atoms with Crippen molar-refractivity contribution in [3.8, 4) is 23.3 Å². The highest BCUT2D eigenvalue weighted by atomic mass is 16.7. The van der Waals surface area contributed by atoms with Crippen LogP contribution in [0.3, 0.4) is 0 Å². The Morgan fingerprint density at radius 2 is 1.37 bits per heavy atom. The van der Waals surface area contributed by atoms with Gasteiger partial charge in [-0.1, -0.05) is 48.8 Å². The van der Waals surface area contributed by atoms with Gasteiger partial charge in [0.25, 0.3) is 0 Å². The lowest BCUT2D eigenvalue weighted by Crippen LogP contribution is -2.09. The van der Waals surface area contributed by atoms with Gasteiger partial charge in [0, 0.05) is 23.4 Å². The molecule has 0 atom stereocenters. The number of carbonyl (C=O) groups is 2. The van der Waals surface area contributed by atoms with E-state index in [9.17, 15) is 9.59 Å². The van der Waals surface area contributed by atoms with Crippen molar-refractivity contribution in [3.63, 3.8) is 0 Å². The number of carbonyl (C=O) groups excluding carboxylic acids is 2. The highest BCUT2D eigenvalue weighted by Gasteiger charge is 2.09. The van der Waals surface area contributed by atoms with Crippen LogP contribution in [0.2, 0.25) is 0 Å². The Morgan fingerprint density at radius 3 is 2.00 bits per heavy atom. The molecule has 4 rings (SSSR count). The molecule has 0 saturated heterocycles. The summed E-state index contributed by atoms with van der Waals surface area (Å²) in [5.74, 6) is 5.99. The third-order valence-corrected chi connectivity index (χ3v) is 5.13. The summed E-state index contributed by atoms with van der Waals surface area (Å²) in [6.45, 7) is 3.05. The van der Waals surface area contributed by atoms with E-state index in [1.165, 1.54) is 0 Å². The van der Waals surface area contributed by atoms with E-state index in [1.54, 1.807) is 48.5 Å². The Morgan fingerprint density at radius 1 is 0.763 bits per heavy atom. The second-order valence-electron chi connectivity index (χ2n) is 7.83. The maximum Gasteiger partial charge on any atom is 0.343 e. The van der Waals surface area contributed by atoms with Gasteiger partial charge in [0.15, 0.2) is 0 Å². The molecule has 0 radical (unpaired) electrons. The van der Waals surface area contributed by atoms with E-state index in [2.05, 4.69) is 23.4 Å². The van der Waals surface area contributed by atoms with Crippen molar-refractivity contribution < 1.29 is 23.8 Å². The Labute approximate surface area is 220 Å². The Hall–Kier alpha value is -5.41. The fourth-order valence-electron chi connectivity index (χ4n) is 3.13. The van der Waals surface area contributed by atoms with Crippen LogP contribution in [0, 0.1) is 11.8 Å². The number of hydrogen-bond donors (Lipinski definition) is 0. The van der Waals surface area contributed by atoms with Crippen molar-refractivity contribution in [2.24, 2.45) is 4.99 Å². The van der Waals surface area contributed by atoms with Gasteiger partial charge in [-0.25, -0.2) is 9.59 Å². The van der Waals surface area contributed by atoms with Gasteiger partial charge in [-0.2, -0.15) is 0 Å². The SMILES string of the molecule is C=CC(=O)OCOc1ccc(C(=O)Oc2ccc(C#Cc3ccc(/C=N/c4ccccc4)cc3)cc2)cc1. The molecule has 0 spiro atoms. The molecule has 38 heavy (non-hydrogen) atoms. The minimum absolute atomic E-state index is 0.251. The van der Waals surface area contributed by atoms with E-state index in [0.717, 1.165) is 28.5 Å². The van der Waals surface area contributed by atoms with Gasteiger partial charge in [-0.15, -0.1) is 0 Å². The number of esters is 2.